The van der Waals surface area contributed by atoms with Gasteiger partial charge in [-0.1, -0.05) is 93.4 Å². The second kappa shape index (κ2) is 15.3. The van der Waals surface area contributed by atoms with E-state index in [0.717, 1.165) is 80.4 Å². The van der Waals surface area contributed by atoms with Gasteiger partial charge in [0.15, 0.2) is 11.5 Å². The fourth-order valence-electron chi connectivity index (χ4n) is 5.10. The van der Waals surface area contributed by atoms with E-state index in [9.17, 15) is 0 Å². The molecule has 1 heterocycles. The summed E-state index contributed by atoms with van der Waals surface area (Å²) in [7, 11) is 0. The molecule has 0 amide bonds. The summed E-state index contributed by atoms with van der Waals surface area (Å²) in [4.78, 5) is 7.88. The van der Waals surface area contributed by atoms with Gasteiger partial charge in [-0.25, -0.2) is 4.98 Å². The highest BCUT2D eigenvalue weighted by atomic mass is 16.5. The molecule has 0 unspecified atom stereocenters. The molecular weight excluding hydrogens is 494 g/mol. The van der Waals surface area contributed by atoms with Crippen LogP contribution in [-0.2, 0) is 19.6 Å². The highest BCUT2D eigenvalue weighted by Crippen LogP contribution is 2.33. The van der Waals surface area contributed by atoms with Gasteiger partial charge in [-0.15, -0.1) is 0 Å². The molecule has 0 saturated heterocycles. The minimum absolute atomic E-state index is 0.613. The van der Waals surface area contributed by atoms with Crippen LogP contribution in [0.4, 0.5) is 0 Å². The summed E-state index contributed by atoms with van der Waals surface area (Å²) in [6.45, 7) is 13.4. The summed E-state index contributed by atoms with van der Waals surface area (Å²) in [6, 6.07) is 27.7. The average Bonchev–Trinajstić information content (AvgIpc) is 3.35. The number of nitrogens with zero attached hydrogens (tertiary/aromatic N) is 3. The molecule has 0 bridgehead atoms. The highest BCUT2D eigenvalue weighted by molar-refractivity contribution is 5.68. The standard InChI is InChI=1S/C35H45N3O2/c1-5-9-23-37(26-28-21-22-32(39-7-3)33(25-28)40-8-4)27-31-34(29-17-13-11-14-18-29)36-35(38(31)24-10-6-2)30-19-15-12-16-20-30/h11-22,25H,5-10,23-24,26-27H2,1-4H3. The zero-order valence-electron chi connectivity index (χ0n) is 24.7. The normalized spacial score (nSPS) is 11.2. The Kier molecular flexibility index (Phi) is 11.2. The lowest BCUT2D eigenvalue weighted by Gasteiger charge is -2.25. The predicted molar refractivity (Wildman–Crippen MR) is 166 cm³/mol. The third-order valence-corrected chi connectivity index (χ3v) is 7.10. The number of hydrogen-bond acceptors (Lipinski definition) is 4. The first-order valence-electron chi connectivity index (χ1n) is 15.0. The molecule has 0 radical (unpaired) electrons. The van der Waals surface area contributed by atoms with Crippen molar-refractivity contribution in [2.75, 3.05) is 19.8 Å². The molecule has 0 spiro atoms. The lowest BCUT2D eigenvalue weighted by Crippen LogP contribution is -2.26. The molecule has 0 aliphatic carbocycles. The van der Waals surface area contributed by atoms with Gasteiger partial charge >= 0.3 is 0 Å². The summed E-state index contributed by atoms with van der Waals surface area (Å²) < 4.78 is 14.2. The predicted octanol–water partition coefficient (Wildman–Crippen LogP) is 8.62. The lowest BCUT2D eigenvalue weighted by atomic mass is 10.1. The van der Waals surface area contributed by atoms with Gasteiger partial charge in [0.2, 0.25) is 0 Å². The van der Waals surface area contributed by atoms with Gasteiger partial charge in [0.05, 0.1) is 24.6 Å². The van der Waals surface area contributed by atoms with Crippen LogP contribution < -0.4 is 9.47 Å². The maximum absolute atomic E-state index is 5.95. The Morgan fingerprint density at radius 3 is 2.00 bits per heavy atom. The van der Waals surface area contributed by atoms with Crippen LogP contribution >= 0.6 is 0 Å². The Bertz CT molecular complexity index is 1300. The van der Waals surface area contributed by atoms with Crippen molar-refractivity contribution in [3.8, 4) is 34.1 Å². The quantitative estimate of drug-likeness (QED) is 0.143. The fraction of sp³-hybridized carbons (Fsp3) is 0.400. The zero-order valence-corrected chi connectivity index (χ0v) is 24.7. The van der Waals surface area contributed by atoms with E-state index >= 15 is 0 Å². The monoisotopic (exact) mass is 539 g/mol. The van der Waals surface area contributed by atoms with E-state index in [4.69, 9.17) is 14.5 Å². The second-order valence-electron chi connectivity index (χ2n) is 10.2. The van der Waals surface area contributed by atoms with Crippen LogP contribution in [0.25, 0.3) is 22.6 Å². The Labute approximate surface area is 240 Å². The van der Waals surface area contributed by atoms with Crippen LogP contribution in [0.15, 0.2) is 78.9 Å². The SMILES string of the molecule is CCCCN(Cc1ccc(OCC)c(OCC)c1)Cc1c(-c2ccccc2)nc(-c2ccccc2)n1CCCC. The largest absolute Gasteiger partial charge is 0.490 e. The molecule has 5 nitrogen and oxygen atoms in total. The zero-order chi connectivity index (χ0) is 28.2. The van der Waals surface area contributed by atoms with Crippen molar-refractivity contribution < 1.29 is 9.47 Å². The van der Waals surface area contributed by atoms with E-state index in [-0.39, 0.29) is 0 Å². The maximum atomic E-state index is 5.95. The second-order valence-corrected chi connectivity index (χ2v) is 10.2. The van der Waals surface area contributed by atoms with Gasteiger partial charge in [-0.05, 0) is 50.9 Å². The Hall–Kier alpha value is -3.57. The molecular formula is C35H45N3O2. The van der Waals surface area contributed by atoms with Crippen molar-refractivity contribution >= 4 is 0 Å². The number of ether oxygens (including phenoxy) is 2. The number of hydrogen-bond donors (Lipinski definition) is 0. The fourth-order valence-corrected chi connectivity index (χ4v) is 5.10. The van der Waals surface area contributed by atoms with Gasteiger partial charge in [-0.2, -0.15) is 0 Å². The molecule has 0 N–H and O–H groups in total. The molecule has 0 aliphatic rings. The van der Waals surface area contributed by atoms with Crippen molar-refractivity contribution in [1.29, 1.82) is 0 Å². The van der Waals surface area contributed by atoms with Gasteiger partial charge < -0.3 is 14.0 Å². The highest BCUT2D eigenvalue weighted by Gasteiger charge is 2.22. The summed E-state index contributed by atoms with van der Waals surface area (Å²) >= 11 is 0. The van der Waals surface area contributed by atoms with Crippen LogP contribution in [0.5, 0.6) is 11.5 Å². The lowest BCUT2D eigenvalue weighted by molar-refractivity contribution is 0.245. The van der Waals surface area contributed by atoms with E-state index in [0.29, 0.717) is 13.2 Å². The molecule has 40 heavy (non-hydrogen) atoms. The molecule has 5 heteroatoms. The maximum Gasteiger partial charge on any atom is 0.161 e. The topological polar surface area (TPSA) is 39.5 Å². The van der Waals surface area contributed by atoms with E-state index in [1.54, 1.807) is 0 Å². The van der Waals surface area contributed by atoms with Gasteiger partial charge in [0.1, 0.15) is 5.82 Å². The van der Waals surface area contributed by atoms with Crippen molar-refractivity contribution in [1.82, 2.24) is 14.5 Å². The summed E-state index contributed by atoms with van der Waals surface area (Å²) in [5, 5.41) is 0. The van der Waals surface area contributed by atoms with Gasteiger partial charge in [-0.3, -0.25) is 4.90 Å². The van der Waals surface area contributed by atoms with Crippen molar-refractivity contribution in [2.24, 2.45) is 0 Å². The summed E-state index contributed by atoms with van der Waals surface area (Å²) in [5.41, 5.74) is 5.92. The average molecular weight is 540 g/mol. The van der Waals surface area contributed by atoms with Crippen molar-refractivity contribution in [3.05, 3.63) is 90.1 Å². The molecule has 1 aromatic heterocycles. The minimum atomic E-state index is 0.613. The van der Waals surface area contributed by atoms with E-state index in [1.165, 1.54) is 16.8 Å². The Morgan fingerprint density at radius 1 is 0.700 bits per heavy atom. The smallest absolute Gasteiger partial charge is 0.161 e. The number of rotatable bonds is 16. The Balaban J connectivity index is 1.76. The molecule has 4 aromatic rings. The number of imidazole rings is 1. The van der Waals surface area contributed by atoms with E-state index in [1.807, 2.05) is 13.8 Å². The molecule has 0 saturated carbocycles. The third kappa shape index (κ3) is 7.54. The Morgan fingerprint density at radius 2 is 1.35 bits per heavy atom. The first-order valence-corrected chi connectivity index (χ1v) is 15.0. The number of benzene rings is 3. The van der Waals surface area contributed by atoms with E-state index in [2.05, 4.69) is 102 Å². The molecule has 3 aromatic carbocycles. The first kappa shape index (κ1) is 29.4. The van der Waals surface area contributed by atoms with E-state index < -0.39 is 0 Å². The molecule has 212 valence electrons. The van der Waals surface area contributed by atoms with Crippen LogP contribution in [0, 0.1) is 0 Å². The van der Waals surface area contributed by atoms with Gasteiger partial charge in [0, 0.05) is 30.8 Å². The molecule has 0 fully saturated rings. The van der Waals surface area contributed by atoms with Crippen LogP contribution in [0.3, 0.4) is 0 Å². The van der Waals surface area contributed by atoms with Gasteiger partial charge in [0.25, 0.3) is 0 Å². The van der Waals surface area contributed by atoms with Crippen molar-refractivity contribution in [3.63, 3.8) is 0 Å². The van der Waals surface area contributed by atoms with Crippen LogP contribution in [0.1, 0.15) is 64.6 Å². The van der Waals surface area contributed by atoms with Crippen molar-refractivity contribution in [2.45, 2.75) is 73.0 Å². The number of aromatic nitrogens is 2. The molecule has 0 atom stereocenters. The number of unbranched alkanes of at least 4 members (excludes halogenated alkanes) is 2. The summed E-state index contributed by atoms with van der Waals surface area (Å²) in [5.74, 6) is 2.68. The first-order chi connectivity index (χ1) is 19.7. The summed E-state index contributed by atoms with van der Waals surface area (Å²) in [6.07, 6.45) is 4.55. The third-order valence-electron chi connectivity index (χ3n) is 7.10. The van der Waals surface area contributed by atoms with Crippen LogP contribution in [0.2, 0.25) is 0 Å². The minimum Gasteiger partial charge on any atom is -0.490 e. The van der Waals surface area contributed by atoms with Crippen LogP contribution in [-0.4, -0.2) is 34.2 Å². The molecule has 0 aliphatic heterocycles. The molecule has 4 rings (SSSR count).